The molecule has 0 fully saturated rings. The molecular weight excluding hydrogens is 194 g/mol. The first kappa shape index (κ1) is 9.81. The summed E-state index contributed by atoms with van der Waals surface area (Å²) < 4.78 is 2.00. The number of nitrogens with one attached hydrogen (secondary N) is 2. The lowest BCUT2D eigenvalue weighted by Gasteiger charge is -2.13. The van der Waals surface area contributed by atoms with Crippen LogP contribution in [0.5, 0.6) is 0 Å². The molecule has 7 heteroatoms. The molecule has 0 aromatic carbocycles. The minimum absolute atomic E-state index is 0.237. The van der Waals surface area contributed by atoms with E-state index in [1.165, 1.54) is 0 Å². The fourth-order valence-corrected chi connectivity index (χ4v) is 1.49. The van der Waals surface area contributed by atoms with Gasteiger partial charge in [0.2, 0.25) is 0 Å². The molecule has 2 aromatic heterocycles. The van der Waals surface area contributed by atoms with Crippen LogP contribution in [0.4, 0.5) is 0 Å². The molecule has 0 aliphatic heterocycles. The van der Waals surface area contributed by atoms with Crippen molar-refractivity contribution >= 4 is 0 Å². The Bertz CT molecular complexity index is 404. The summed E-state index contributed by atoms with van der Waals surface area (Å²) >= 11 is 0. The number of nitrogens with zero attached hydrogens (tertiary/aromatic N) is 4. The quantitative estimate of drug-likeness (QED) is 0.467. The first-order valence-electron chi connectivity index (χ1n) is 4.69. The molecule has 2 aromatic rings. The molecule has 15 heavy (non-hydrogen) atoms. The summed E-state index contributed by atoms with van der Waals surface area (Å²) in [5.74, 6) is 6.32. The molecule has 0 saturated heterocycles. The molecule has 0 spiro atoms. The second-order valence-corrected chi connectivity index (χ2v) is 3.07. The SMILES string of the molecule is CCn1ccnc1C(NN)c1cn[nH]n1. The highest BCUT2D eigenvalue weighted by molar-refractivity contribution is 5.13. The molecule has 0 saturated carbocycles. The van der Waals surface area contributed by atoms with E-state index in [0.29, 0.717) is 0 Å². The number of hydrazine groups is 1. The van der Waals surface area contributed by atoms with Crippen molar-refractivity contribution in [3.05, 3.63) is 30.1 Å². The van der Waals surface area contributed by atoms with Crippen molar-refractivity contribution in [1.29, 1.82) is 0 Å². The van der Waals surface area contributed by atoms with E-state index in [9.17, 15) is 0 Å². The number of nitrogens with two attached hydrogens (primary N) is 1. The summed E-state index contributed by atoms with van der Waals surface area (Å²) in [5.41, 5.74) is 3.40. The number of aryl methyl sites for hydroxylation is 1. The molecular formula is C8H13N7. The molecule has 7 nitrogen and oxygen atoms in total. The number of aromatic nitrogens is 5. The van der Waals surface area contributed by atoms with E-state index in [1.807, 2.05) is 17.7 Å². The normalized spacial score (nSPS) is 12.9. The predicted molar refractivity (Wildman–Crippen MR) is 53.4 cm³/mol. The van der Waals surface area contributed by atoms with Gasteiger partial charge in [0.25, 0.3) is 0 Å². The lowest BCUT2D eigenvalue weighted by Crippen LogP contribution is -2.31. The first-order valence-corrected chi connectivity index (χ1v) is 4.69. The zero-order chi connectivity index (χ0) is 10.7. The third-order valence-electron chi connectivity index (χ3n) is 2.24. The Kier molecular flexibility index (Phi) is 2.75. The molecule has 0 aliphatic carbocycles. The Labute approximate surface area is 86.7 Å². The molecule has 0 amide bonds. The summed E-state index contributed by atoms with van der Waals surface area (Å²) in [4.78, 5) is 4.25. The number of hydrogen-bond donors (Lipinski definition) is 3. The van der Waals surface area contributed by atoms with Gasteiger partial charge in [0.05, 0.1) is 6.20 Å². The van der Waals surface area contributed by atoms with E-state index in [-0.39, 0.29) is 6.04 Å². The van der Waals surface area contributed by atoms with Gasteiger partial charge in [-0.3, -0.25) is 5.84 Å². The maximum Gasteiger partial charge on any atom is 0.133 e. The van der Waals surface area contributed by atoms with E-state index in [0.717, 1.165) is 18.1 Å². The molecule has 4 N–H and O–H groups in total. The van der Waals surface area contributed by atoms with Gasteiger partial charge in [-0.25, -0.2) is 10.4 Å². The third kappa shape index (κ3) is 1.74. The van der Waals surface area contributed by atoms with Crippen LogP contribution in [-0.2, 0) is 6.54 Å². The minimum atomic E-state index is -0.237. The average molecular weight is 207 g/mol. The Morgan fingerprint density at radius 3 is 3.13 bits per heavy atom. The van der Waals surface area contributed by atoms with Crippen molar-refractivity contribution in [2.45, 2.75) is 19.5 Å². The van der Waals surface area contributed by atoms with Gasteiger partial charge in [-0.05, 0) is 6.92 Å². The zero-order valence-corrected chi connectivity index (χ0v) is 8.38. The fourth-order valence-electron chi connectivity index (χ4n) is 1.49. The topological polar surface area (TPSA) is 97.4 Å². The highest BCUT2D eigenvalue weighted by Gasteiger charge is 2.19. The number of rotatable bonds is 4. The van der Waals surface area contributed by atoms with Crippen LogP contribution in [0.25, 0.3) is 0 Å². The fraction of sp³-hybridized carbons (Fsp3) is 0.375. The van der Waals surface area contributed by atoms with Crippen LogP contribution in [-0.4, -0.2) is 25.0 Å². The summed E-state index contributed by atoms with van der Waals surface area (Å²) in [6.07, 6.45) is 5.27. The number of aromatic amines is 1. The first-order chi connectivity index (χ1) is 7.36. The van der Waals surface area contributed by atoms with E-state index in [2.05, 4.69) is 25.8 Å². The van der Waals surface area contributed by atoms with Gasteiger partial charge in [-0.1, -0.05) is 0 Å². The van der Waals surface area contributed by atoms with Crippen LogP contribution < -0.4 is 11.3 Å². The Balaban J connectivity index is 2.35. The van der Waals surface area contributed by atoms with Crippen molar-refractivity contribution in [3.63, 3.8) is 0 Å². The van der Waals surface area contributed by atoms with Crippen molar-refractivity contribution in [3.8, 4) is 0 Å². The lowest BCUT2D eigenvalue weighted by molar-refractivity contribution is 0.549. The van der Waals surface area contributed by atoms with Crippen LogP contribution in [0.3, 0.4) is 0 Å². The second kappa shape index (κ2) is 4.20. The van der Waals surface area contributed by atoms with Gasteiger partial charge in [-0.15, -0.1) is 0 Å². The number of hydrogen-bond acceptors (Lipinski definition) is 5. The molecule has 0 radical (unpaired) electrons. The highest BCUT2D eigenvalue weighted by Crippen LogP contribution is 2.16. The van der Waals surface area contributed by atoms with Crippen LogP contribution in [0, 0.1) is 0 Å². The Hall–Kier alpha value is -1.73. The molecule has 1 unspecified atom stereocenters. The van der Waals surface area contributed by atoms with E-state index in [1.54, 1.807) is 12.4 Å². The van der Waals surface area contributed by atoms with E-state index < -0.39 is 0 Å². The number of H-pyrrole nitrogens is 1. The zero-order valence-electron chi connectivity index (χ0n) is 8.38. The van der Waals surface area contributed by atoms with Gasteiger partial charge < -0.3 is 4.57 Å². The monoisotopic (exact) mass is 207 g/mol. The molecule has 1 atom stereocenters. The van der Waals surface area contributed by atoms with E-state index in [4.69, 9.17) is 5.84 Å². The Morgan fingerprint density at radius 1 is 1.67 bits per heavy atom. The molecule has 0 aliphatic rings. The number of imidazole rings is 1. The average Bonchev–Trinajstić information content (AvgIpc) is 2.89. The predicted octanol–water partition coefficient (Wildman–Crippen LogP) is -0.426. The van der Waals surface area contributed by atoms with Gasteiger partial charge in [0.15, 0.2) is 0 Å². The van der Waals surface area contributed by atoms with Gasteiger partial charge in [0.1, 0.15) is 17.6 Å². The van der Waals surface area contributed by atoms with Crippen LogP contribution in [0.15, 0.2) is 18.6 Å². The highest BCUT2D eigenvalue weighted by atomic mass is 15.3. The van der Waals surface area contributed by atoms with Gasteiger partial charge in [-0.2, -0.15) is 15.4 Å². The summed E-state index contributed by atoms with van der Waals surface area (Å²) in [7, 11) is 0. The van der Waals surface area contributed by atoms with Crippen LogP contribution in [0.2, 0.25) is 0 Å². The maximum absolute atomic E-state index is 5.49. The van der Waals surface area contributed by atoms with Crippen molar-refractivity contribution < 1.29 is 0 Å². The van der Waals surface area contributed by atoms with Crippen LogP contribution in [0.1, 0.15) is 24.5 Å². The molecule has 2 rings (SSSR count). The summed E-state index contributed by atoms with van der Waals surface area (Å²) in [5, 5.41) is 10.3. The van der Waals surface area contributed by atoms with E-state index >= 15 is 0 Å². The van der Waals surface area contributed by atoms with Crippen molar-refractivity contribution in [2.24, 2.45) is 5.84 Å². The molecule has 2 heterocycles. The second-order valence-electron chi connectivity index (χ2n) is 3.07. The third-order valence-corrected chi connectivity index (χ3v) is 2.24. The van der Waals surface area contributed by atoms with Gasteiger partial charge in [0, 0.05) is 18.9 Å². The largest absolute Gasteiger partial charge is 0.334 e. The standard InChI is InChI=1S/C8H13N7/c1-2-15-4-3-10-8(15)7(12-9)6-5-11-14-13-6/h3-5,7,12H,2,9H2,1H3,(H,11,13,14). The summed E-state index contributed by atoms with van der Waals surface area (Å²) in [6, 6.07) is -0.237. The van der Waals surface area contributed by atoms with Crippen molar-refractivity contribution in [1.82, 2.24) is 30.4 Å². The summed E-state index contributed by atoms with van der Waals surface area (Å²) in [6.45, 7) is 2.88. The molecule has 80 valence electrons. The maximum atomic E-state index is 5.49. The van der Waals surface area contributed by atoms with Crippen LogP contribution >= 0.6 is 0 Å². The smallest absolute Gasteiger partial charge is 0.133 e. The lowest BCUT2D eigenvalue weighted by atomic mass is 10.2. The molecule has 0 bridgehead atoms. The Morgan fingerprint density at radius 2 is 2.53 bits per heavy atom. The van der Waals surface area contributed by atoms with Gasteiger partial charge >= 0.3 is 0 Å². The van der Waals surface area contributed by atoms with Crippen molar-refractivity contribution in [2.75, 3.05) is 0 Å². The minimum Gasteiger partial charge on any atom is -0.334 e.